The molecule has 7 nitrogen and oxygen atoms in total. The Labute approximate surface area is 156 Å². The first-order valence-corrected chi connectivity index (χ1v) is 9.47. The Bertz CT molecular complexity index is 361. The Morgan fingerprint density at radius 2 is 1.23 bits per heavy atom. The minimum atomic E-state index is -0.829. The fourth-order valence-corrected chi connectivity index (χ4v) is 2.20. The summed E-state index contributed by atoms with van der Waals surface area (Å²) in [6.07, 6.45) is 3.85. The molecule has 0 saturated heterocycles. The highest BCUT2D eigenvalue weighted by Gasteiger charge is 2.27. The number of hydrogen-bond donors (Lipinski definition) is 3. The van der Waals surface area contributed by atoms with Gasteiger partial charge in [0.15, 0.2) is 0 Å². The van der Waals surface area contributed by atoms with Gasteiger partial charge in [-0.1, -0.05) is 19.8 Å². The molecule has 0 aromatic carbocycles. The summed E-state index contributed by atoms with van der Waals surface area (Å²) in [5.41, 5.74) is -0.829. The van der Waals surface area contributed by atoms with E-state index in [4.69, 9.17) is 19.7 Å². The molecule has 3 N–H and O–H groups in total. The highest BCUT2D eigenvalue weighted by Crippen LogP contribution is 2.18. The molecule has 0 aliphatic carbocycles. The molecule has 26 heavy (non-hydrogen) atoms. The van der Waals surface area contributed by atoms with Crippen LogP contribution in [0.4, 0.5) is 0 Å². The Morgan fingerprint density at radius 1 is 0.846 bits per heavy atom. The number of carbonyl (C=O) groups excluding carboxylic acids is 2. The summed E-state index contributed by atoms with van der Waals surface area (Å²) in [5, 5.41) is 27.8. The van der Waals surface area contributed by atoms with E-state index in [1.807, 2.05) is 0 Å². The van der Waals surface area contributed by atoms with Crippen molar-refractivity contribution in [3.63, 3.8) is 0 Å². The molecule has 0 rings (SSSR count). The van der Waals surface area contributed by atoms with E-state index in [9.17, 15) is 14.7 Å². The van der Waals surface area contributed by atoms with Gasteiger partial charge < -0.3 is 24.8 Å². The van der Waals surface area contributed by atoms with Crippen molar-refractivity contribution in [1.29, 1.82) is 0 Å². The molecule has 2 unspecified atom stereocenters. The number of ether oxygens (including phenoxy) is 2. The van der Waals surface area contributed by atoms with Gasteiger partial charge in [0.2, 0.25) is 0 Å². The third-order valence-corrected chi connectivity index (χ3v) is 4.05. The standard InChI is InChI=1S/C19H36O7/c1-15(21)8-4-6-10-17(23)25-13-19(3,12-20)14-26-18(24)11-7-5-9-16(2)22/h15-16,20-22H,4-14H2,1-3H3. The van der Waals surface area contributed by atoms with Gasteiger partial charge in [-0.15, -0.1) is 0 Å². The average Bonchev–Trinajstić information content (AvgIpc) is 2.58. The fourth-order valence-electron chi connectivity index (χ4n) is 2.20. The van der Waals surface area contributed by atoms with Crippen LogP contribution in [0.15, 0.2) is 0 Å². The zero-order chi connectivity index (χ0) is 20.0. The molecule has 2 atom stereocenters. The number of unbranched alkanes of at least 4 members (excludes halogenated alkanes) is 2. The van der Waals surface area contributed by atoms with Crippen LogP contribution in [0.3, 0.4) is 0 Å². The van der Waals surface area contributed by atoms with Crippen LogP contribution in [-0.2, 0) is 19.1 Å². The second-order valence-electron chi connectivity index (χ2n) is 7.48. The molecule has 0 spiro atoms. The molecular weight excluding hydrogens is 340 g/mol. The largest absolute Gasteiger partial charge is 0.465 e. The van der Waals surface area contributed by atoms with Crippen molar-refractivity contribution in [1.82, 2.24) is 0 Å². The molecule has 0 saturated carbocycles. The summed E-state index contributed by atoms with van der Waals surface area (Å²) >= 11 is 0. The van der Waals surface area contributed by atoms with E-state index in [2.05, 4.69) is 0 Å². The van der Waals surface area contributed by atoms with Gasteiger partial charge in [0.25, 0.3) is 0 Å². The van der Waals surface area contributed by atoms with Crippen molar-refractivity contribution in [2.24, 2.45) is 5.41 Å². The highest BCUT2D eigenvalue weighted by atomic mass is 16.5. The molecule has 154 valence electrons. The molecule has 0 bridgehead atoms. The first-order valence-electron chi connectivity index (χ1n) is 9.47. The number of aliphatic hydroxyl groups excluding tert-OH is 3. The minimum Gasteiger partial charge on any atom is -0.465 e. The lowest BCUT2D eigenvalue weighted by molar-refractivity contribution is -0.155. The Kier molecular flexibility index (Phi) is 13.3. The third kappa shape index (κ3) is 14.0. The van der Waals surface area contributed by atoms with Gasteiger partial charge in [-0.05, 0) is 39.5 Å². The van der Waals surface area contributed by atoms with E-state index in [0.717, 1.165) is 12.8 Å². The van der Waals surface area contributed by atoms with Crippen molar-refractivity contribution in [2.45, 2.75) is 84.3 Å². The first kappa shape index (κ1) is 24.8. The second-order valence-corrected chi connectivity index (χ2v) is 7.48. The monoisotopic (exact) mass is 376 g/mol. The zero-order valence-corrected chi connectivity index (χ0v) is 16.4. The number of rotatable bonds is 15. The summed E-state index contributed by atoms with van der Waals surface area (Å²) in [7, 11) is 0. The predicted octanol–water partition coefficient (Wildman–Crippen LogP) is 1.95. The molecule has 0 aliphatic rings. The maximum Gasteiger partial charge on any atom is 0.305 e. The van der Waals surface area contributed by atoms with Gasteiger partial charge in [-0.2, -0.15) is 0 Å². The zero-order valence-electron chi connectivity index (χ0n) is 16.4. The van der Waals surface area contributed by atoms with Crippen LogP contribution in [0.2, 0.25) is 0 Å². The minimum absolute atomic E-state index is 0.0198. The van der Waals surface area contributed by atoms with E-state index >= 15 is 0 Å². The predicted molar refractivity (Wildman–Crippen MR) is 97.4 cm³/mol. The molecule has 0 radical (unpaired) electrons. The van der Waals surface area contributed by atoms with Gasteiger partial charge in [0.1, 0.15) is 13.2 Å². The highest BCUT2D eigenvalue weighted by molar-refractivity contribution is 5.69. The Balaban J connectivity index is 3.99. The van der Waals surface area contributed by atoms with Crippen LogP contribution in [0.1, 0.15) is 72.1 Å². The van der Waals surface area contributed by atoms with E-state index < -0.39 is 5.41 Å². The van der Waals surface area contributed by atoms with Gasteiger partial charge in [0.05, 0.1) is 24.2 Å². The fraction of sp³-hybridized carbons (Fsp3) is 0.895. The lowest BCUT2D eigenvalue weighted by atomic mass is 9.94. The number of esters is 2. The second kappa shape index (κ2) is 13.9. The lowest BCUT2D eigenvalue weighted by Gasteiger charge is -2.26. The summed E-state index contributed by atoms with van der Waals surface area (Å²) in [6.45, 7) is 4.80. The van der Waals surface area contributed by atoms with Gasteiger partial charge in [-0.25, -0.2) is 0 Å². The Hall–Kier alpha value is -1.18. The van der Waals surface area contributed by atoms with Crippen molar-refractivity contribution < 1.29 is 34.4 Å². The van der Waals surface area contributed by atoms with Gasteiger partial charge in [-0.3, -0.25) is 9.59 Å². The SMILES string of the molecule is CC(O)CCCCC(=O)OCC(C)(CO)COC(=O)CCCCC(C)O. The number of hydrogen-bond acceptors (Lipinski definition) is 7. The summed E-state index contributed by atoms with van der Waals surface area (Å²) < 4.78 is 10.4. The normalized spacial score (nSPS) is 15.8. The van der Waals surface area contributed by atoms with E-state index in [-0.39, 0.29) is 56.8 Å². The van der Waals surface area contributed by atoms with Crippen molar-refractivity contribution in [3.8, 4) is 0 Å². The first-order chi connectivity index (χ1) is 12.2. The van der Waals surface area contributed by atoms with Gasteiger partial charge in [0, 0.05) is 12.8 Å². The molecule has 0 aromatic heterocycles. The quantitative estimate of drug-likeness (QED) is 0.296. The van der Waals surface area contributed by atoms with Crippen LogP contribution in [0, 0.1) is 5.41 Å². The van der Waals surface area contributed by atoms with Crippen LogP contribution >= 0.6 is 0 Å². The molecule has 0 fully saturated rings. The van der Waals surface area contributed by atoms with Crippen molar-refractivity contribution in [2.75, 3.05) is 19.8 Å². The molecule has 0 aliphatic heterocycles. The van der Waals surface area contributed by atoms with Crippen molar-refractivity contribution in [3.05, 3.63) is 0 Å². The van der Waals surface area contributed by atoms with E-state index in [0.29, 0.717) is 25.7 Å². The van der Waals surface area contributed by atoms with Crippen LogP contribution in [-0.4, -0.2) is 59.3 Å². The topological polar surface area (TPSA) is 113 Å². The van der Waals surface area contributed by atoms with Crippen LogP contribution in [0.25, 0.3) is 0 Å². The summed E-state index contributed by atoms with van der Waals surface area (Å²) in [4.78, 5) is 23.4. The molecule has 0 heterocycles. The van der Waals surface area contributed by atoms with Crippen molar-refractivity contribution >= 4 is 11.9 Å². The molecule has 0 amide bonds. The lowest BCUT2D eigenvalue weighted by Crippen LogP contribution is -2.35. The smallest absolute Gasteiger partial charge is 0.305 e. The summed E-state index contributed by atoms with van der Waals surface area (Å²) in [5.74, 6) is -0.723. The van der Waals surface area contributed by atoms with E-state index in [1.54, 1.807) is 20.8 Å². The molecular formula is C19H36O7. The molecule has 0 aromatic rings. The van der Waals surface area contributed by atoms with E-state index in [1.165, 1.54) is 0 Å². The van der Waals surface area contributed by atoms with Crippen LogP contribution in [0.5, 0.6) is 0 Å². The number of aliphatic hydroxyl groups is 3. The number of carbonyl (C=O) groups is 2. The third-order valence-electron chi connectivity index (χ3n) is 4.05. The Morgan fingerprint density at radius 3 is 1.54 bits per heavy atom. The maximum absolute atomic E-state index is 11.7. The van der Waals surface area contributed by atoms with Gasteiger partial charge >= 0.3 is 11.9 Å². The molecule has 7 heteroatoms. The average molecular weight is 376 g/mol. The van der Waals surface area contributed by atoms with Crippen LogP contribution < -0.4 is 0 Å². The maximum atomic E-state index is 11.7. The summed E-state index contributed by atoms with van der Waals surface area (Å²) in [6, 6.07) is 0.